The van der Waals surface area contributed by atoms with Crippen molar-refractivity contribution in [3.8, 4) is 6.07 Å². The molecule has 3 amide bonds. The van der Waals surface area contributed by atoms with Crippen molar-refractivity contribution in [3.63, 3.8) is 0 Å². The van der Waals surface area contributed by atoms with Crippen LogP contribution in [0, 0.1) is 25.2 Å². The maximum Gasteiger partial charge on any atom is 0.319 e. The van der Waals surface area contributed by atoms with Crippen LogP contribution in [0.1, 0.15) is 23.9 Å². The Bertz CT molecular complexity index is 591. The molecule has 0 aliphatic heterocycles. The standard InChI is InChI=1S/C13H16N4O2/c1-4-17-8(2)5-10(9(17)3)6-11(7-14)12(18)16-13(15)19/h5-6H,4H2,1-3H3,(H3,15,16,18,19)/b11-6-. The molecular formula is C13H16N4O2. The first kappa shape index (κ1) is 14.5. The van der Waals surface area contributed by atoms with Crippen LogP contribution in [0.2, 0.25) is 0 Å². The number of imide groups is 1. The Morgan fingerprint density at radius 2 is 2.16 bits per heavy atom. The first-order valence-corrected chi connectivity index (χ1v) is 5.80. The van der Waals surface area contributed by atoms with E-state index in [9.17, 15) is 9.59 Å². The molecule has 0 aromatic carbocycles. The van der Waals surface area contributed by atoms with E-state index in [1.807, 2.05) is 32.2 Å². The summed E-state index contributed by atoms with van der Waals surface area (Å²) in [4.78, 5) is 22.2. The van der Waals surface area contributed by atoms with Crippen molar-refractivity contribution in [2.24, 2.45) is 5.73 Å². The Balaban J connectivity index is 3.16. The van der Waals surface area contributed by atoms with Crippen LogP contribution < -0.4 is 11.1 Å². The van der Waals surface area contributed by atoms with Crippen molar-refractivity contribution in [1.82, 2.24) is 9.88 Å². The van der Waals surface area contributed by atoms with E-state index < -0.39 is 11.9 Å². The highest BCUT2D eigenvalue weighted by atomic mass is 16.2. The van der Waals surface area contributed by atoms with Crippen molar-refractivity contribution >= 4 is 18.0 Å². The fraction of sp³-hybridized carbons (Fsp3) is 0.308. The number of nitrogens with zero attached hydrogens (tertiary/aromatic N) is 2. The van der Waals surface area contributed by atoms with Crippen LogP contribution in [-0.4, -0.2) is 16.5 Å². The normalized spacial score (nSPS) is 10.9. The lowest BCUT2D eigenvalue weighted by Crippen LogP contribution is -2.35. The zero-order valence-electron chi connectivity index (χ0n) is 11.2. The average molecular weight is 260 g/mol. The molecule has 19 heavy (non-hydrogen) atoms. The summed E-state index contributed by atoms with van der Waals surface area (Å²) in [5, 5.41) is 10.8. The number of nitriles is 1. The van der Waals surface area contributed by atoms with Crippen molar-refractivity contribution in [3.05, 3.63) is 28.6 Å². The van der Waals surface area contributed by atoms with E-state index in [0.29, 0.717) is 0 Å². The number of carbonyl (C=O) groups is 2. The van der Waals surface area contributed by atoms with Gasteiger partial charge in [0.05, 0.1) is 0 Å². The van der Waals surface area contributed by atoms with E-state index in [2.05, 4.69) is 4.57 Å². The third-order valence-corrected chi connectivity index (χ3v) is 2.83. The highest BCUT2D eigenvalue weighted by Gasteiger charge is 2.13. The second-order valence-electron chi connectivity index (χ2n) is 4.06. The quantitative estimate of drug-likeness (QED) is 0.631. The van der Waals surface area contributed by atoms with Crippen LogP contribution in [0.4, 0.5) is 4.79 Å². The Kier molecular flexibility index (Phi) is 4.48. The number of nitrogens with two attached hydrogens (primary N) is 1. The summed E-state index contributed by atoms with van der Waals surface area (Å²) in [6.45, 7) is 6.67. The largest absolute Gasteiger partial charge is 0.351 e. The monoisotopic (exact) mass is 260 g/mol. The van der Waals surface area contributed by atoms with E-state index in [1.165, 1.54) is 6.08 Å². The van der Waals surface area contributed by atoms with Crippen molar-refractivity contribution in [2.45, 2.75) is 27.3 Å². The number of hydrogen-bond acceptors (Lipinski definition) is 3. The number of primary amides is 1. The van der Waals surface area contributed by atoms with Gasteiger partial charge in [-0.2, -0.15) is 5.26 Å². The zero-order valence-corrected chi connectivity index (χ0v) is 11.2. The van der Waals surface area contributed by atoms with Crippen LogP contribution in [0.25, 0.3) is 6.08 Å². The molecule has 0 unspecified atom stereocenters. The first-order chi connectivity index (χ1) is 8.90. The highest BCUT2D eigenvalue weighted by molar-refractivity contribution is 6.08. The van der Waals surface area contributed by atoms with Gasteiger partial charge in [0.15, 0.2) is 0 Å². The molecule has 1 aromatic rings. The topological polar surface area (TPSA) is 101 Å². The second kappa shape index (κ2) is 5.87. The zero-order chi connectivity index (χ0) is 14.6. The minimum absolute atomic E-state index is 0.157. The average Bonchev–Trinajstić information content (AvgIpc) is 2.59. The molecule has 0 spiro atoms. The summed E-state index contributed by atoms with van der Waals surface area (Å²) < 4.78 is 2.06. The third kappa shape index (κ3) is 3.22. The smallest absolute Gasteiger partial charge is 0.319 e. The Morgan fingerprint density at radius 3 is 2.58 bits per heavy atom. The predicted molar refractivity (Wildman–Crippen MR) is 70.9 cm³/mol. The molecule has 0 aliphatic carbocycles. The number of nitrogens with one attached hydrogen (secondary N) is 1. The van der Waals surface area contributed by atoms with Crippen molar-refractivity contribution < 1.29 is 9.59 Å². The van der Waals surface area contributed by atoms with E-state index in [4.69, 9.17) is 11.0 Å². The summed E-state index contributed by atoms with van der Waals surface area (Å²) in [5.41, 5.74) is 7.46. The van der Waals surface area contributed by atoms with Crippen molar-refractivity contribution in [1.29, 1.82) is 5.26 Å². The summed E-state index contributed by atoms with van der Waals surface area (Å²) >= 11 is 0. The van der Waals surface area contributed by atoms with Gasteiger partial charge in [0.2, 0.25) is 0 Å². The van der Waals surface area contributed by atoms with Crippen LogP contribution in [0.15, 0.2) is 11.6 Å². The fourth-order valence-electron chi connectivity index (χ4n) is 1.94. The lowest BCUT2D eigenvalue weighted by molar-refractivity contribution is -0.115. The number of amides is 3. The van der Waals surface area contributed by atoms with Crippen LogP contribution in [-0.2, 0) is 11.3 Å². The van der Waals surface area contributed by atoms with Gasteiger partial charge >= 0.3 is 6.03 Å². The van der Waals surface area contributed by atoms with Gasteiger partial charge in [0.1, 0.15) is 11.6 Å². The SMILES string of the molecule is CCn1c(C)cc(/C=C(/C#N)C(=O)NC(N)=O)c1C. The van der Waals surface area contributed by atoms with E-state index >= 15 is 0 Å². The summed E-state index contributed by atoms with van der Waals surface area (Å²) in [6, 6.07) is 2.66. The number of aromatic nitrogens is 1. The molecule has 0 atom stereocenters. The number of urea groups is 1. The van der Waals surface area contributed by atoms with Gasteiger partial charge in [-0.15, -0.1) is 0 Å². The maximum absolute atomic E-state index is 11.6. The molecule has 0 fully saturated rings. The molecular weight excluding hydrogens is 244 g/mol. The molecule has 0 saturated carbocycles. The molecule has 6 nitrogen and oxygen atoms in total. The van der Waals surface area contributed by atoms with Gasteiger partial charge in [0.25, 0.3) is 5.91 Å². The highest BCUT2D eigenvalue weighted by Crippen LogP contribution is 2.18. The van der Waals surface area contributed by atoms with Crippen molar-refractivity contribution in [2.75, 3.05) is 0 Å². The molecule has 1 rings (SSSR count). The number of hydrogen-bond donors (Lipinski definition) is 2. The fourth-order valence-corrected chi connectivity index (χ4v) is 1.94. The lowest BCUT2D eigenvalue weighted by Gasteiger charge is -2.04. The molecule has 0 saturated heterocycles. The minimum atomic E-state index is -0.981. The second-order valence-corrected chi connectivity index (χ2v) is 4.06. The third-order valence-electron chi connectivity index (χ3n) is 2.83. The van der Waals surface area contributed by atoms with E-state index in [1.54, 1.807) is 6.07 Å². The summed E-state index contributed by atoms with van der Waals surface area (Å²) in [7, 11) is 0. The summed E-state index contributed by atoms with van der Waals surface area (Å²) in [5.74, 6) is -0.795. The molecule has 0 aliphatic rings. The molecule has 100 valence electrons. The van der Waals surface area contributed by atoms with Gasteiger partial charge < -0.3 is 10.3 Å². The Labute approximate surface area is 111 Å². The van der Waals surface area contributed by atoms with Gasteiger partial charge in [-0.25, -0.2) is 4.79 Å². The van der Waals surface area contributed by atoms with Gasteiger partial charge in [-0.1, -0.05) is 0 Å². The first-order valence-electron chi connectivity index (χ1n) is 5.80. The minimum Gasteiger partial charge on any atom is -0.351 e. The number of carbonyl (C=O) groups excluding carboxylic acids is 2. The predicted octanol–water partition coefficient (Wildman–Crippen LogP) is 1.23. The molecule has 6 heteroatoms. The molecule has 1 heterocycles. The molecule has 1 aromatic heterocycles. The maximum atomic E-state index is 11.6. The van der Waals surface area contributed by atoms with E-state index in [0.717, 1.165) is 23.5 Å². The Morgan fingerprint density at radius 1 is 1.53 bits per heavy atom. The number of rotatable bonds is 3. The van der Waals surface area contributed by atoms with Crippen LogP contribution in [0.5, 0.6) is 0 Å². The number of aryl methyl sites for hydroxylation is 1. The molecule has 0 bridgehead atoms. The van der Waals surface area contributed by atoms with Gasteiger partial charge in [-0.3, -0.25) is 10.1 Å². The Hall–Kier alpha value is -2.55. The van der Waals surface area contributed by atoms with E-state index in [-0.39, 0.29) is 5.57 Å². The lowest BCUT2D eigenvalue weighted by atomic mass is 10.1. The summed E-state index contributed by atoms with van der Waals surface area (Å²) in [6.07, 6.45) is 1.45. The van der Waals surface area contributed by atoms with Crippen LogP contribution >= 0.6 is 0 Å². The van der Waals surface area contributed by atoms with Gasteiger partial charge in [0, 0.05) is 17.9 Å². The van der Waals surface area contributed by atoms with Crippen LogP contribution in [0.3, 0.4) is 0 Å². The molecule has 0 radical (unpaired) electrons. The van der Waals surface area contributed by atoms with Gasteiger partial charge in [-0.05, 0) is 38.5 Å². The molecule has 3 N–H and O–H groups in total.